The Morgan fingerprint density at radius 1 is 1.27 bits per heavy atom. The van der Waals surface area contributed by atoms with Crippen LogP contribution in [-0.2, 0) is 6.54 Å². The molecule has 0 unspecified atom stereocenters. The minimum Gasteiger partial charge on any atom is -0.360 e. The molecular formula is C19H30N6S. The zero-order valence-corrected chi connectivity index (χ0v) is 16.7. The standard InChI is InChI=1S/C19H30N6S/c1-3-20-19(22-8-4-5-10-23-11-9-21-17(23)2)25-14-12-24(13-15-25)18-7-6-16-26-18/h6-7,9,11,16H,3-5,8,10,12-15H2,1-2H3,(H,20,22). The molecule has 0 saturated carbocycles. The molecule has 2 aromatic rings. The van der Waals surface area contributed by atoms with Crippen molar-refractivity contribution < 1.29 is 0 Å². The highest BCUT2D eigenvalue weighted by molar-refractivity contribution is 7.14. The van der Waals surface area contributed by atoms with Gasteiger partial charge in [-0.25, -0.2) is 4.98 Å². The molecule has 0 aromatic carbocycles. The number of anilines is 1. The second kappa shape index (κ2) is 9.62. The van der Waals surface area contributed by atoms with Crippen molar-refractivity contribution >= 4 is 22.3 Å². The van der Waals surface area contributed by atoms with E-state index in [4.69, 9.17) is 4.99 Å². The molecule has 1 N–H and O–H groups in total. The van der Waals surface area contributed by atoms with E-state index in [0.717, 1.165) is 70.4 Å². The Labute approximate surface area is 160 Å². The average molecular weight is 375 g/mol. The molecule has 0 aliphatic carbocycles. The summed E-state index contributed by atoms with van der Waals surface area (Å²) in [5.41, 5.74) is 0. The van der Waals surface area contributed by atoms with Crippen LogP contribution in [0.2, 0.25) is 0 Å². The SMILES string of the molecule is CCNC(=NCCCCn1ccnc1C)N1CCN(c2cccs2)CC1. The monoisotopic (exact) mass is 374 g/mol. The molecule has 0 spiro atoms. The van der Waals surface area contributed by atoms with Crippen LogP contribution in [0.15, 0.2) is 34.9 Å². The van der Waals surface area contributed by atoms with Gasteiger partial charge in [0.1, 0.15) is 5.82 Å². The van der Waals surface area contributed by atoms with E-state index >= 15 is 0 Å². The van der Waals surface area contributed by atoms with Crippen molar-refractivity contribution in [1.82, 2.24) is 19.8 Å². The molecule has 6 nitrogen and oxygen atoms in total. The molecule has 1 saturated heterocycles. The summed E-state index contributed by atoms with van der Waals surface area (Å²) in [6.45, 7) is 11.2. The third kappa shape index (κ3) is 5.00. The molecule has 0 bridgehead atoms. The summed E-state index contributed by atoms with van der Waals surface area (Å²) in [5.74, 6) is 2.16. The highest BCUT2D eigenvalue weighted by atomic mass is 32.1. The van der Waals surface area contributed by atoms with Crippen molar-refractivity contribution in [2.75, 3.05) is 44.2 Å². The molecule has 7 heteroatoms. The molecule has 0 atom stereocenters. The summed E-state index contributed by atoms with van der Waals surface area (Å²) >= 11 is 1.82. The second-order valence-electron chi connectivity index (χ2n) is 6.54. The molecule has 1 fully saturated rings. The number of hydrogen-bond acceptors (Lipinski definition) is 4. The zero-order chi connectivity index (χ0) is 18.2. The van der Waals surface area contributed by atoms with Gasteiger partial charge in [-0.05, 0) is 44.2 Å². The van der Waals surface area contributed by atoms with Gasteiger partial charge in [-0.15, -0.1) is 11.3 Å². The number of guanidine groups is 1. The number of hydrogen-bond donors (Lipinski definition) is 1. The van der Waals surface area contributed by atoms with Gasteiger partial charge in [-0.2, -0.15) is 0 Å². The van der Waals surface area contributed by atoms with Crippen LogP contribution in [0.25, 0.3) is 0 Å². The van der Waals surface area contributed by atoms with Gasteiger partial charge in [-0.1, -0.05) is 0 Å². The van der Waals surface area contributed by atoms with E-state index in [9.17, 15) is 0 Å². The van der Waals surface area contributed by atoms with Gasteiger partial charge >= 0.3 is 0 Å². The first kappa shape index (κ1) is 18.8. The van der Waals surface area contributed by atoms with Crippen molar-refractivity contribution in [3.05, 3.63) is 35.7 Å². The van der Waals surface area contributed by atoms with Crippen LogP contribution in [-0.4, -0.2) is 59.7 Å². The number of imidazole rings is 1. The van der Waals surface area contributed by atoms with Gasteiger partial charge in [0.05, 0.1) is 5.00 Å². The lowest BCUT2D eigenvalue weighted by molar-refractivity contribution is 0.373. The summed E-state index contributed by atoms with van der Waals surface area (Å²) in [6, 6.07) is 4.34. The van der Waals surface area contributed by atoms with Crippen molar-refractivity contribution in [3.63, 3.8) is 0 Å². The van der Waals surface area contributed by atoms with Gasteiger partial charge in [0.15, 0.2) is 5.96 Å². The maximum atomic E-state index is 4.86. The summed E-state index contributed by atoms with van der Waals surface area (Å²) in [6.07, 6.45) is 6.15. The number of unbranched alkanes of at least 4 members (excludes halogenated alkanes) is 1. The Morgan fingerprint density at radius 2 is 2.12 bits per heavy atom. The normalized spacial score (nSPS) is 15.5. The third-order valence-electron chi connectivity index (χ3n) is 4.72. The van der Waals surface area contributed by atoms with E-state index in [2.05, 4.69) is 62.2 Å². The van der Waals surface area contributed by atoms with Gasteiger partial charge in [0, 0.05) is 58.2 Å². The molecule has 0 amide bonds. The van der Waals surface area contributed by atoms with E-state index < -0.39 is 0 Å². The highest BCUT2D eigenvalue weighted by Crippen LogP contribution is 2.22. The fourth-order valence-electron chi connectivity index (χ4n) is 3.23. The van der Waals surface area contributed by atoms with E-state index in [1.54, 1.807) is 0 Å². The smallest absolute Gasteiger partial charge is 0.194 e. The van der Waals surface area contributed by atoms with Crippen molar-refractivity contribution in [2.45, 2.75) is 33.2 Å². The lowest BCUT2D eigenvalue weighted by Gasteiger charge is -2.37. The molecule has 26 heavy (non-hydrogen) atoms. The minimum absolute atomic E-state index is 0.876. The minimum atomic E-state index is 0.876. The van der Waals surface area contributed by atoms with E-state index in [0.29, 0.717) is 0 Å². The van der Waals surface area contributed by atoms with Crippen LogP contribution in [0.5, 0.6) is 0 Å². The number of nitrogens with one attached hydrogen (secondary N) is 1. The van der Waals surface area contributed by atoms with E-state index in [1.807, 2.05) is 17.5 Å². The molecule has 2 aromatic heterocycles. The predicted molar refractivity (Wildman–Crippen MR) is 110 cm³/mol. The topological polar surface area (TPSA) is 48.7 Å². The highest BCUT2D eigenvalue weighted by Gasteiger charge is 2.20. The van der Waals surface area contributed by atoms with Crippen LogP contribution in [0.3, 0.4) is 0 Å². The summed E-state index contributed by atoms with van der Waals surface area (Å²) in [4.78, 5) is 14.0. The first-order valence-electron chi connectivity index (χ1n) is 9.57. The Morgan fingerprint density at radius 3 is 2.77 bits per heavy atom. The van der Waals surface area contributed by atoms with E-state index in [1.165, 1.54) is 5.00 Å². The fourth-order valence-corrected chi connectivity index (χ4v) is 4.02. The lowest BCUT2D eigenvalue weighted by atomic mass is 10.3. The first-order chi connectivity index (χ1) is 12.8. The number of aliphatic imine (C=N–C) groups is 1. The average Bonchev–Trinajstić information content (AvgIpc) is 3.33. The van der Waals surface area contributed by atoms with Crippen molar-refractivity contribution in [3.8, 4) is 0 Å². The number of aromatic nitrogens is 2. The molecule has 1 aliphatic rings. The number of nitrogens with zero attached hydrogens (tertiary/aromatic N) is 5. The number of aryl methyl sites for hydroxylation is 2. The molecule has 0 radical (unpaired) electrons. The Balaban J connectivity index is 1.44. The fraction of sp³-hybridized carbons (Fsp3) is 0.579. The number of piperazine rings is 1. The third-order valence-corrected chi connectivity index (χ3v) is 5.65. The first-order valence-corrected chi connectivity index (χ1v) is 10.5. The number of thiophene rings is 1. The van der Waals surface area contributed by atoms with Crippen LogP contribution >= 0.6 is 11.3 Å². The Hall–Kier alpha value is -2.02. The van der Waals surface area contributed by atoms with Crippen molar-refractivity contribution in [1.29, 1.82) is 0 Å². The Kier molecular flexibility index (Phi) is 6.94. The van der Waals surface area contributed by atoms with Gasteiger partial charge in [0.2, 0.25) is 0 Å². The molecular weight excluding hydrogens is 344 g/mol. The summed E-state index contributed by atoms with van der Waals surface area (Å²) < 4.78 is 2.21. The van der Waals surface area contributed by atoms with Crippen LogP contribution in [0.1, 0.15) is 25.6 Å². The largest absolute Gasteiger partial charge is 0.360 e. The van der Waals surface area contributed by atoms with Crippen LogP contribution in [0.4, 0.5) is 5.00 Å². The molecule has 142 valence electrons. The van der Waals surface area contributed by atoms with Crippen LogP contribution < -0.4 is 10.2 Å². The van der Waals surface area contributed by atoms with Gasteiger partial charge in [-0.3, -0.25) is 4.99 Å². The Bertz CT molecular complexity index is 670. The maximum Gasteiger partial charge on any atom is 0.194 e. The number of rotatable bonds is 7. The second-order valence-corrected chi connectivity index (χ2v) is 7.46. The predicted octanol–water partition coefficient (Wildman–Crippen LogP) is 2.82. The zero-order valence-electron chi connectivity index (χ0n) is 15.9. The van der Waals surface area contributed by atoms with Crippen LogP contribution in [0, 0.1) is 6.92 Å². The van der Waals surface area contributed by atoms with Crippen molar-refractivity contribution in [2.24, 2.45) is 4.99 Å². The summed E-state index contributed by atoms with van der Waals surface area (Å²) in [7, 11) is 0. The summed E-state index contributed by atoms with van der Waals surface area (Å²) in [5, 5.41) is 6.99. The lowest BCUT2D eigenvalue weighted by Crippen LogP contribution is -2.52. The van der Waals surface area contributed by atoms with Gasteiger partial charge < -0.3 is 19.7 Å². The molecule has 3 heterocycles. The molecule has 1 aliphatic heterocycles. The quantitative estimate of drug-likeness (QED) is 0.460. The van der Waals surface area contributed by atoms with Gasteiger partial charge in [0.25, 0.3) is 0 Å². The van der Waals surface area contributed by atoms with E-state index in [-0.39, 0.29) is 0 Å². The molecule has 3 rings (SSSR count). The maximum absolute atomic E-state index is 4.86.